The molecule has 0 bridgehead atoms. The van der Waals surface area contributed by atoms with Crippen LogP contribution in [-0.4, -0.2) is 63.1 Å². The van der Waals surface area contributed by atoms with Crippen molar-refractivity contribution < 1.29 is 29.2 Å². The van der Waals surface area contributed by atoms with Crippen molar-refractivity contribution >= 4 is 23.2 Å². The summed E-state index contributed by atoms with van der Waals surface area (Å²) in [5, 5.41) is 21.1. The first-order valence-electron chi connectivity index (χ1n) is 6.65. The van der Waals surface area contributed by atoms with E-state index in [2.05, 4.69) is 23.7 Å². The molecule has 0 saturated heterocycles. The van der Waals surface area contributed by atoms with Crippen molar-refractivity contribution in [2.75, 3.05) is 41.7 Å². The first kappa shape index (κ1) is 20.7. The molecule has 2 unspecified atom stereocenters. The zero-order chi connectivity index (χ0) is 18.4. The van der Waals surface area contributed by atoms with Gasteiger partial charge in [-0.3, -0.25) is 0 Å². The van der Waals surface area contributed by atoms with Gasteiger partial charge in [-0.15, -0.1) is 0 Å². The van der Waals surface area contributed by atoms with Crippen LogP contribution in [0.3, 0.4) is 0 Å². The molecule has 0 aromatic heterocycles. The molecule has 0 aromatic rings. The maximum atomic E-state index is 10.9. The number of hydrogen-bond acceptors (Lipinski definition) is 6. The fourth-order valence-electron chi connectivity index (χ4n) is 2.02. The Balaban J connectivity index is 3.62. The number of rotatable bonds is 4. The Labute approximate surface area is 150 Å². The molecule has 0 radical (unpaired) electrons. The number of hydrogen-bond donors (Lipinski definition) is 2. The van der Waals surface area contributed by atoms with Gasteiger partial charge in [-0.2, -0.15) is 0 Å². The molecule has 6 nitrogen and oxygen atoms in total. The van der Waals surface area contributed by atoms with E-state index in [-0.39, 0.29) is 34.8 Å². The summed E-state index contributed by atoms with van der Waals surface area (Å²) in [7, 11) is 5.40. The minimum Gasteiger partial charge on any atom is -0.495 e. The lowest BCUT2D eigenvalue weighted by Gasteiger charge is -2.37. The maximum Gasteiger partial charge on any atom is 0.224 e. The van der Waals surface area contributed by atoms with Crippen LogP contribution < -0.4 is 0 Å². The summed E-state index contributed by atoms with van der Waals surface area (Å²) in [6, 6.07) is 0. The highest BCUT2D eigenvalue weighted by Crippen LogP contribution is 2.47. The molecule has 8 heteroatoms. The van der Waals surface area contributed by atoms with E-state index in [1.54, 1.807) is 0 Å². The molecular weight excluding hydrogens is 359 g/mol. The summed E-state index contributed by atoms with van der Waals surface area (Å²) < 4.78 is 19.9. The van der Waals surface area contributed by atoms with Gasteiger partial charge in [0.2, 0.25) is 11.2 Å². The third-order valence-electron chi connectivity index (χ3n) is 3.07. The van der Waals surface area contributed by atoms with Crippen molar-refractivity contribution in [2.24, 2.45) is 0 Å². The third kappa shape index (κ3) is 3.65. The van der Waals surface area contributed by atoms with Gasteiger partial charge in [0.05, 0.1) is 14.2 Å². The van der Waals surface area contributed by atoms with E-state index >= 15 is 0 Å². The van der Waals surface area contributed by atoms with Gasteiger partial charge < -0.3 is 29.2 Å². The molecule has 24 heavy (non-hydrogen) atoms. The van der Waals surface area contributed by atoms with Crippen molar-refractivity contribution in [3.63, 3.8) is 0 Å². The molecule has 0 aromatic carbocycles. The molecule has 2 N–H and O–H groups in total. The van der Waals surface area contributed by atoms with E-state index in [0.717, 1.165) is 0 Å². The standard InChI is InChI=1S/C16H18Cl2O6/c1-21-9-5-7-15(19)11(17)14(24-4)16(20,8-6-10-22-2)12(18)13(15)23-3/h19-20H,9-10H2,1-4H3. The molecule has 0 aliphatic heterocycles. The summed E-state index contributed by atoms with van der Waals surface area (Å²) in [6.45, 7) is 0.0860. The molecule has 0 fully saturated rings. The van der Waals surface area contributed by atoms with Crippen molar-refractivity contribution in [3.8, 4) is 23.7 Å². The van der Waals surface area contributed by atoms with Gasteiger partial charge >= 0.3 is 0 Å². The van der Waals surface area contributed by atoms with Gasteiger partial charge in [0.25, 0.3) is 0 Å². The van der Waals surface area contributed by atoms with Gasteiger partial charge in [0, 0.05) is 14.2 Å². The van der Waals surface area contributed by atoms with Gasteiger partial charge in [-0.05, 0) is 0 Å². The molecule has 0 heterocycles. The Morgan fingerprint density at radius 2 is 1.12 bits per heavy atom. The van der Waals surface area contributed by atoms with E-state index in [0.29, 0.717) is 0 Å². The van der Waals surface area contributed by atoms with Crippen molar-refractivity contribution in [3.05, 3.63) is 21.6 Å². The van der Waals surface area contributed by atoms with E-state index in [1.807, 2.05) is 0 Å². The second-order valence-electron chi connectivity index (χ2n) is 4.58. The van der Waals surface area contributed by atoms with Crippen LogP contribution in [0.1, 0.15) is 0 Å². The number of halogens is 2. The Hall–Kier alpha value is -1.38. The van der Waals surface area contributed by atoms with E-state index in [9.17, 15) is 10.2 Å². The van der Waals surface area contributed by atoms with Crippen LogP contribution in [0.25, 0.3) is 0 Å². The van der Waals surface area contributed by atoms with E-state index < -0.39 is 11.2 Å². The average molecular weight is 377 g/mol. The Morgan fingerprint density at radius 1 is 0.792 bits per heavy atom. The average Bonchev–Trinajstić information content (AvgIpc) is 2.55. The van der Waals surface area contributed by atoms with E-state index in [1.165, 1.54) is 28.4 Å². The highest BCUT2D eigenvalue weighted by Gasteiger charge is 2.54. The summed E-state index contributed by atoms with van der Waals surface area (Å²) in [4.78, 5) is 0. The van der Waals surface area contributed by atoms with Crippen LogP contribution >= 0.6 is 23.2 Å². The smallest absolute Gasteiger partial charge is 0.224 e. The minimum atomic E-state index is -2.10. The summed E-state index contributed by atoms with van der Waals surface area (Å²) in [5.74, 6) is 9.66. The molecule has 132 valence electrons. The fourth-order valence-corrected chi connectivity index (χ4v) is 2.71. The maximum absolute atomic E-state index is 10.9. The second kappa shape index (κ2) is 8.64. The summed E-state index contributed by atoms with van der Waals surface area (Å²) in [5.41, 5.74) is -4.21. The third-order valence-corrected chi connectivity index (χ3v) is 3.96. The number of methoxy groups -OCH3 is 4. The predicted molar refractivity (Wildman–Crippen MR) is 89.0 cm³/mol. The lowest BCUT2D eigenvalue weighted by Crippen LogP contribution is -2.45. The summed E-state index contributed by atoms with van der Waals surface area (Å²) >= 11 is 12.5. The fraction of sp³-hybridized carbons (Fsp3) is 0.500. The van der Waals surface area contributed by atoms with Crippen molar-refractivity contribution in [1.82, 2.24) is 0 Å². The SMILES string of the molecule is COCC#CC1(O)C(Cl)=C(OC)C(O)(C#CCOC)C(Cl)=C1OC. The quantitative estimate of drug-likeness (QED) is 0.711. The molecular formula is C16H18Cl2O6. The Morgan fingerprint density at radius 3 is 1.38 bits per heavy atom. The van der Waals surface area contributed by atoms with Crippen LogP contribution in [0.2, 0.25) is 0 Å². The van der Waals surface area contributed by atoms with Crippen molar-refractivity contribution in [2.45, 2.75) is 11.2 Å². The zero-order valence-electron chi connectivity index (χ0n) is 13.7. The molecule has 0 amide bonds. The van der Waals surface area contributed by atoms with Gasteiger partial charge in [0.15, 0.2) is 11.5 Å². The monoisotopic (exact) mass is 376 g/mol. The van der Waals surface area contributed by atoms with Crippen LogP contribution in [0, 0.1) is 23.7 Å². The van der Waals surface area contributed by atoms with E-state index in [4.69, 9.17) is 42.1 Å². The zero-order valence-corrected chi connectivity index (χ0v) is 15.2. The van der Waals surface area contributed by atoms with Crippen LogP contribution in [-0.2, 0) is 18.9 Å². The topological polar surface area (TPSA) is 77.4 Å². The second-order valence-corrected chi connectivity index (χ2v) is 5.34. The first-order chi connectivity index (χ1) is 11.3. The van der Waals surface area contributed by atoms with Crippen LogP contribution in [0.15, 0.2) is 21.6 Å². The highest BCUT2D eigenvalue weighted by molar-refractivity contribution is 6.35. The number of aliphatic hydroxyl groups is 2. The van der Waals surface area contributed by atoms with Crippen LogP contribution in [0.4, 0.5) is 0 Å². The molecule has 1 aliphatic carbocycles. The summed E-state index contributed by atoms with van der Waals surface area (Å²) in [6.07, 6.45) is 0. The Bertz CT molecular complexity index is 606. The van der Waals surface area contributed by atoms with Crippen LogP contribution in [0.5, 0.6) is 0 Å². The molecule has 0 saturated carbocycles. The van der Waals surface area contributed by atoms with Gasteiger partial charge in [-0.25, -0.2) is 0 Å². The molecule has 1 aliphatic rings. The van der Waals surface area contributed by atoms with Crippen molar-refractivity contribution in [1.29, 1.82) is 0 Å². The Kier molecular flexibility index (Phi) is 7.44. The first-order valence-corrected chi connectivity index (χ1v) is 7.41. The minimum absolute atomic E-state index is 0.0430. The molecule has 1 rings (SSSR count). The highest BCUT2D eigenvalue weighted by atomic mass is 35.5. The molecule has 0 spiro atoms. The predicted octanol–water partition coefficient (Wildman–Crippen LogP) is 0.955. The van der Waals surface area contributed by atoms with Gasteiger partial charge in [0.1, 0.15) is 23.3 Å². The lowest BCUT2D eigenvalue weighted by atomic mass is 9.85. The lowest BCUT2D eigenvalue weighted by molar-refractivity contribution is 0.0508. The number of ether oxygens (including phenoxy) is 4. The normalized spacial score (nSPS) is 26.3. The largest absolute Gasteiger partial charge is 0.495 e. The van der Waals surface area contributed by atoms with Gasteiger partial charge in [-0.1, -0.05) is 46.9 Å². The molecule has 2 atom stereocenters.